The Morgan fingerprint density at radius 3 is 2.43 bits per heavy atom. The average molecular weight is 286 g/mol. The van der Waals surface area contributed by atoms with E-state index in [4.69, 9.17) is 4.74 Å². The third-order valence-corrected chi connectivity index (χ3v) is 3.50. The summed E-state index contributed by atoms with van der Waals surface area (Å²) in [6, 6.07) is 12.9. The van der Waals surface area contributed by atoms with Crippen LogP contribution in [0, 0.1) is 0 Å². The molecule has 0 bridgehead atoms. The first-order chi connectivity index (χ1) is 10.0. The maximum Gasteiger partial charge on any atom is 0.132 e. The highest BCUT2D eigenvalue weighted by atomic mass is 16.5. The van der Waals surface area contributed by atoms with Gasteiger partial charge >= 0.3 is 0 Å². The number of hydrogen-bond acceptors (Lipinski definition) is 4. The molecular weight excluding hydrogens is 264 g/mol. The van der Waals surface area contributed by atoms with E-state index in [0.717, 1.165) is 17.8 Å². The highest BCUT2D eigenvalue weighted by Gasteiger charge is 2.31. The molecule has 1 N–H and O–H groups in total. The van der Waals surface area contributed by atoms with Gasteiger partial charge in [-0.25, -0.2) is 0 Å². The summed E-state index contributed by atoms with van der Waals surface area (Å²) in [7, 11) is 4.03. The maximum atomic E-state index is 9.48. The molecule has 2 rings (SSSR count). The number of phenolic OH excluding ortho intramolecular Hbond substituents is 1. The van der Waals surface area contributed by atoms with Gasteiger partial charge in [0, 0.05) is 12.7 Å². The summed E-state index contributed by atoms with van der Waals surface area (Å²) in [5, 5.41) is 9.48. The Morgan fingerprint density at radius 2 is 1.86 bits per heavy atom. The second kappa shape index (κ2) is 6.70. The maximum absolute atomic E-state index is 9.48. The Labute approximate surface area is 126 Å². The fourth-order valence-electron chi connectivity index (χ4n) is 2.16. The van der Waals surface area contributed by atoms with Gasteiger partial charge in [0.2, 0.25) is 0 Å². The first-order valence-electron chi connectivity index (χ1n) is 7.02. The topological polar surface area (TPSA) is 45.6 Å². The molecule has 1 atom stereocenters. The third-order valence-electron chi connectivity index (χ3n) is 3.50. The minimum Gasteiger partial charge on any atom is -0.508 e. The first kappa shape index (κ1) is 15.5. The third kappa shape index (κ3) is 3.80. The van der Waals surface area contributed by atoms with Gasteiger partial charge in [-0.05, 0) is 50.8 Å². The summed E-state index contributed by atoms with van der Waals surface area (Å²) < 4.78 is 6.17. The van der Waals surface area contributed by atoms with E-state index in [0.29, 0.717) is 6.61 Å². The van der Waals surface area contributed by atoms with Crippen molar-refractivity contribution in [3.63, 3.8) is 0 Å². The Kier molecular flexibility index (Phi) is 4.94. The number of ether oxygens (including phenoxy) is 1. The van der Waals surface area contributed by atoms with Crippen LogP contribution in [0.4, 0.5) is 0 Å². The van der Waals surface area contributed by atoms with Crippen LogP contribution in [0.3, 0.4) is 0 Å². The van der Waals surface area contributed by atoms with Crippen molar-refractivity contribution < 1.29 is 9.84 Å². The number of nitrogens with zero attached hydrogens (tertiary/aromatic N) is 2. The molecule has 0 aliphatic carbocycles. The van der Waals surface area contributed by atoms with Gasteiger partial charge in [-0.3, -0.25) is 4.98 Å². The van der Waals surface area contributed by atoms with Gasteiger partial charge < -0.3 is 14.7 Å². The second-order valence-corrected chi connectivity index (χ2v) is 5.45. The van der Waals surface area contributed by atoms with Gasteiger partial charge in [0.05, 0.1) is 12.3 Å². The molecule has 4 nitrogen and oxygen atoms in total. The Morgan fingerprint density at radius 1 is 1.14 bits per heavy atom. The normalized spacial score (nSPS) is 14.1. The Balaban J connectivity index is 2.31. The van der Waals surface area contributed by atoms with Crippen LogP contribution in [0.5, 0.6) is 5.75 Å². The molecule has 2 aromatic rings. The number of hydrogen-bond donors (Lipinski definition) is 1. The number of phenols is 1. The lowest BCUT2D eigenvalue weighted by molar-refractivity contribution is -0.0131. The van der Waals surface area contributed by atoms with Crippen molar-refractivity contribution in [1.29, 1.82) is 0 Å². The fraction of sp³-hybridized carbons (Fsp3) is 0.353. The molecule has 112 valence electrons. The quantitative estimate of drug-likeness (QED) is 0.886. The number of aromatic hydroxyl groups is 1. The monoisotopic (exact) mass is 286 g/mol. The molecule has 1 aromatic carbocycles. The molecule has 4 heteroatoms. The molecule has 0 saturated carbocycles. The van der Waals surface area contributed by atoms with Crippen molar-refractivity contribution in [2.45, 2.75) is 12.5 Å². The molecule has 1 unspecified atom stereocenters. The van der Waals surface area contributed by atoms with Crippen molar-refractivity contribution in [3.05, 3.63) is 59.9 Å². The number of benzene rings is 1. The largest absolute Gasteiger partial charge is 0.508 e. The van der Waals surface area contributed by atoms with Gasteiger partial charge in [0.15, 0.2) is 0 Å². The van der Waals surface area contributed by atoms with E-state index in [1.54, 1.807) is 18.3 Å². The first-order valence-corrected chi connectivity index (χ1v) is 7.02. The number of aromatic nitrogens is 1. The van der Waals surface area contributed by atoms with Crippen LogP contribution in [0.1, 0.15) is 18.2 Å². The standard InChI is InChI=1S/C17H22N2O2/c1-17(21-13-12-19(2)3,16-6-4-5-11-18-16)14-7-9-15(20)10-8-14/h4-11,20H,12-13H2,1-3H3. The highest BCUT2D eigenvalue weighted by molar-refractivity contribution is 5.35. The van der Waals surface area contributed by atoms with Gasteiger partial charge in [-0.2, -0.15) is 0 Å². The minimum absolute atomic E-state index is 0.246. The molecule has 0 fully saturated rings. The zero-order chi connectivity index (χ0) is 15.3. The van der Waals surface area contributed by atoms with Crippen LogP contribution in [0.25, 0.3) is 0 Å². The summed E-state index contributed by atoms with van der Waals surface area (Å²) in [6.07, 6.45) is 1.77. The molecule has 0 radical (unpaired) electrons. The predicted octanol–water partition coefficient (Wildman–Crippen LogP) is 2.63. The van der Waals surface area contributed by atoms with E-state index in [1.807, 2.05) is 51.4 Å². The van der Waals surface area contributed by atoms with Crippen LogP contribution >= 0.6 is 0 Å². The Bertz CT molecular complexity index is 555. The van der Waals surface area contributed by atoms with E-state index < -0.39 is 5.60 Å². The molecule has 1 aromatic heterocycles. The molecule has 0 spiro atoms. The van der Waals surface area contributed by atoms with Gasteiger partial charge in [0.1, 0.15) is 11.4 Å². The SMILES string of the molecule is CN(C)CCOC(C)(c1ccc(O)cc1)c1ccccn1. The minimum atomic E-state index is -0.634. The zero-order valence-electron chi connectivity index (χ0n) is 12.8. The lowest BCUT2D eigenvalue weighted by atomic mass is 9.91. The van der Waals surface area contributed by atoms with Crippen molar-refractivity contribution in [3.8, 4) is 5.75 Å². The van der Waals surface area contributed by atoms with Crippen LogP contribution in [-0.2, 0) is 10.3 Å². The van der Waals surface area contributed by atoms with Crippen molar-refractivity contribution in [1.82, 2.24) is 9.88 Å². The molecular formula is C17H22N2O2. The van der Waals surface area contributed by atoms with Crippen molar-refractivity contribution >= 4 is 0 Å². The van der Waals surface area contributed by atoms with Gasteiger partial charge in [0.25, 0.3) is 0 Å². The second-order valence-electron chi connectivity index (χ2n) is 5.45. The average Bonchev–Trinajstić information content (AvgIpc) is 2.48. The summed E-state index contributed by atoms with van der Waals surface area (Å²) in [5.41, 5.74) is 1.19. The van der Waals surface area contributed by atoms with Crippen LogP contribution in [0.15, 0.2) is 48.7 Å². The van der Waals surface area contributed by atoms with Gasteiger partial charge in [-0.1, -0.05) is 18.2 Å². The fourth-order valence-corrected chi connectivity index (χ4v) is 2.16. The number of rotatable bonds is 6. The predicted molar refractivity (Wildman–Crippen MR) is 83.3 cm³/mol. The number of pyridine rings is 1. The molecule has 0 amide bonds. The lowest BCUT2D eigenvalue weighted by Gasteiger charge is -2.30. The molecule has 0 aliphatic rings. The van der Waals surface area contributed by atoms with Crippen LogP contribution in [-0.4, -0.2) is 42.2 Å². The van der Waals surface area contributed by atoms with Crippen LogP contribution < -0.4 is 0 Å². The summed E-state index contributed by atoms with van der Waals surface area (Å²) in [5.74, 6) is 0.246. The molecule has 0 aliphatic heterocycles. The van der Waals surface area contributed by atoms with E-state index in [-0.39, 0.29) is 5.75 Å². The summed E-state index contributed by atoms with van der Waals surface area (Å²) in [6.45, 7) is 3.44. The summed E-state index contributed by atoms with van der Waals surface area (Å²) >= 11 is 0. The Hall–Kier alpha value is -1.91. The smallest absolute Gasteiger partial charge is 0.132 e. The zero-order valence-corrected chi connectivity index (χ0v) is 12.8. The van der Waals surface area contributed by atoms with E-state index in [9.17, 15) is 5.11 Å². The van der Waals surface area contributed by atoms with Crippen molar-refractivity contribution in [2.75, 3.05) is 27.2 Å². The van der Waals surface area contributed by atoms with Crippen LogP contribution in [0.2, 0.25) is 0 Å². The molecule has 0 saturated heterocycles. The van der Waals surface area contributed by atoms with Gasteiger partial charge in [-0.15, -0.1) is 0 Å². The van der Waals surface area contributed by atoms with E-state index in [2.05, 4.69) is 9.88 Å². The van der Waals surface area contributed by atoms with Crippen molar-refractivity contribution in [2.24, 2.45) is 0 Å². The van der Waals surface area contributed by atoms with E-state index in [1.165, 1.54) is 0 Å². The molecule has 1 heterocycles. The van der Waals surface area contributed by atoms with E-state index >= 15 is 0 Å². The highest BCUT2D eigenvalue weighted by Crippen LogP contribution is 2.32. The molecule has 21 heavy (non-hydrogen) atoms. The number of likely N-dealkylation sites (N-methyl/N-ethyl adjacent to an activating group) is 1. The lowest BCUT2D eigenvalue weighted by Crippen LogP contribution is -2.32. The summed E-state index contributed by atoms with van der Waals surface area (Å²) in [4.78, 5) is 6.53.